The number of rotatable bonds is 6. The van der Waals surface area contributed by atoms with E-state index in [9.17, 15) is 14.4 Å². The van der Waals surface area contributed by atoms with Crippen LogP contribution >= 0.6 is 0 Å². The van der Waals surface area contributed by atoms with Crippen molar-refractivity contribution in [3.8, 4) is 5.69 Å². The largest absolute Gasteiger partial charge is 0.452 e. The maximum Gasteiger partial charge on any atom is 0.338 e. The summed E-state index contributed by atoms with van der Waals surface area (Å²) < 4.78 is 6.66. The van der Waals surface area contributed by atoms with Gasteiger partial charge in [-0.3, -0.25) is 10.1 Å². The molecule has 0 aliphatic carbocycles. The molecule has 0 spiro atoms. The highest BCUT2D eigenvalue weighted by Crippen LogP contribution is 2.12. The van der Waals surface area contributed by atoms with Gasteiger partial charge in [-0.25, -0.2) is 14.3 Å². The second-order valence-corrected chi connectivity index (χ2v) is 5.84. The number of imide groups is 1. The first kappa shape index (κ1) is 19.2. The lowest BCUT2D eigenvalue weighted by Crippen LogP contribution is -2.44. The first-order valence-electron chi connectivity index (χ1n) is 8.29. The topological polar surface area (TPSA) is 102 Å². The minimum atomic E-state index is -0.692. The van der Waals surface area contributed by atoms with Gasteiger partial charge in [0.2, 0.25) is 0 Å². The molecule has 0 aliphatic heterocycles. The molecule has 0 saturated carbocycles. The van der Waals surface area contributed by atoms with Gasteiger partial charge in [-0.05, 0) is 50.6 Å². The normalized spacial score (nSPS) is 11.5. The molecule has 8 heteroatoms. The highest BCUT2D eigenvalue weighted by Gasteiger charge is 2.13. The summed E-state index contributed by atoms with van der Waals surface area (Å²) in [5, 5.41) is 8.88. The van der Waals surface area contributed by atoms with Crippen LogP contribution in [0.4, 0.5) is 4.79 Å². The lowest BCUT2D eigenvalue weighted by atomic mass is 10.2. The number of esters is 1. The number of hydrogen-bond donors (Lipinski definition) is 2. The fourth-order valence-corrected chi connectivity index (χ4v) is 2.12. The molecule has 0 saturated heterocycles. The summed E-state index contributed by atoms with van der Waals surface area (Å²) in [6.07, 6.45) is 2.43. The van der Waals surface area contributed by atoms with Gasteiger partial charge in [-0.2, -0.15) is 5.10 Å². The molecular formula is C18H22N4O4. The SMILES string of the molecule is CC[C@H](C)NC(=O)NC(=O)COC(=O)c1ccc(-n2nccc2C)cc1. The molecule has 8 nitrogen and oxygen atoms in total. The van der Waals surface area contributed by atoms with Crippen LogP contribution in [0.15, 0.2) is 36.5 Å². The predicted molar refractivity (Wildman–Crippen MR) is 95.0 cm³/mol. The van der Waals surface area contributed by atoms with Crippen LogP contribution in [0, 0.1) is 6.92 Å². The highest BCUT2D eigenvalue weighted by molar-refractivity contribution is 5.97. The van der Waals surface area contributed by atoms with E-state index in [1.54, 1.807) is 35.1 Å². The lowest BCUT2D eigenvalue weighted by molar-refractivity contribution is -0.123. The van der Waals surface area contributed by atoms with E-state index < -0.39 is 24.5 Å². The third kappa shape index (κ3) is 5.17. The molecule has 1 heterocycles. The molecule has 138 valence electrons. The Morgan fingerprint density at radius 1 is 1.19 bits per heavy atom. The average Bonchev–Trinajstić information content (AvgIpc) is 3.05. The Bertz CT molecular complexity index is 783. The Balaban J connectivity index is 1.85. The lowest BCUT2D eigenvalue weighted by Gasteiger charge is -2.12. The summed E-state index contributed by atoms with van der Waals surface area (Å²) >= 11 is 0. The molecule has 1 atom stereocenters. The minimum Gasteiger partial charge on any atom is -0.452 e. The van der Waals surface area contributed by atoms with E-state index in [0.717, 1.165) is 17.8 Å². The number of nitrogens with zero attached hydrogens (tertiary/aromatic N) is 2. The number of aromatic nitrogens is 2. The van der Waals surface area contributed by atoms with Crippen molar-refractivity contribution >= 4 is 17.9 Å². The van der Waals surface area contributed by atoms with E-state index in [2.05, 4.69) is 15.7 Å². The fraction of sp³-hybridized carbons (Fsp3) is 0.333. The maximum atomic E-state index is 12.0. The number of nitrogens with one attached hydrogen (secondary N) is 2. The minimum absolute atomic E-state index is 0.0534. The van der Waals surface area contributed by atoms with Crippen molar-refractivity contribution in [2.24, 2.45) is 0 Å². The van der Waals surface area contributed by atoms with Gasteiger partial charge >= 0.3 is 12.0 Å². The fourth-order valence-electron chi connectivity index (χ4n) is 2.12. The zero-order valence-corrected chi connectivity index (χ0v) is 15.0. The van der Waals surface area contributed by atoms with Crippen LogP contribution in [-0.4, -0.2) is 40.3 Å². The van der Waals surface area contributed by atoms with Crippen LogP contribution in [0.25, 0.3) is 5.69 Å². The maximum absolute atomic E-state index is 12.0. The molecule has 3 amide bonds. The van der Waals surface area contributed by atoms with E-state index in [-0.39, 0.29) is 6.04 Å². The Kier molecular flexibility index (Phi) is 6.48. The third-order valence-corrected chi connectivity index (χ3v) is 3.76. The van der Waals surface area contributed by atoms with Crippen LogP contribution in [0.3, 0.4) is 0 Å². The van der Waals surface area contributed by atoms with Crippen LogP contribution in [0.5, 0.6) is 0 Å². The van der Waals surface area contributed by atoms with E-state index in [1.807, 2.05) is 26.8 Å². The standard InChI is InChI=1S/C18H22N4O4/c1-4-12(2)20-18(25)21-16(23)11-26-17(24)14-5-7-15(8-6-14)22-13(3)9-10-19-22/h5-10,12H,4,11H2,1-3H3,(H2,20,21,23,25)/t12-/m0/s1. The number of aryl methyl sites for hydroxylation is 1. The number of hydrogen-bond acceptors (Lipinski definition) is 5. The predicted octanol–water partition coefficient (Wildman–Crippen LogP) is 1.96. The second-order valence-electron chi connectivity index (χ2n) is 5.84. The highest BCUT2D eigenvalue weighted by atomic mass is 16.5. The smallest absolute Gasteiger partial charge is 0.338 e. The van der Waals surface area contributed by atoms with Gasteiger partial charge in [0, 0.05) is 17.9 Å². The summed E-state index contributed by atoms with van der Waals surface area (Å²) in [6.45, 7) is 5.12. The summed E-state index contributed by atoms with van der Waals surface area (Å²) in [5.74, 6) is -1.34. The molecular weight excluding hydrogens is 336 g/mol. The molecule has 0 unspecified atom stereocenters. The van der Waals surface area contributed by atoms with Crippen molar-refractivity contribution < 1.29 is 19.1 Å². The molecule has 2 aromatic rings. The average molecular weight is 358 g/mol. The summed E-state index contributed by atoms with van der Waals surface area (Å²) in [5.41, 5.74) is 2.08. The Morgan fingerprint density at radius 3 is 2.46 bits per heavy atom. The first-order valence-corrected chi connectivity index (χ1v) is 8.29. The monoisotopic (exact) mass is 358 g/mol. The number of carbonyl (C=O) groups excluding carboxylic acids is 3. The van der Waals surface area contributed by atoms with Crippen LogP contribution < -0.4 is 10.6 Å². The van der Waals surface area contributed by atoms with Crippen LogP contribution in [0.1, 0.15) is 36.3 Å². The van der Waals surface area contributed by atoms with E-state index >= 15 is 0 Å². The van der Waals surface area contributed by atoms with Gasteiger partial charge in [0.25, 0.3) is 5.91 Å². The Morgan fingerprint density at radius 2 is 1.88 bits per heavy atom. The van der Waals surface area contributed by atoms with Crippen molar-refractivity contribution in [1.29, 1.82) is 0 Å². The number of benzene rings is 1. The molecule has 2 N–H and O–H groups in total. The summed E-state index contributed by atoms with van der Waals surface area (Å²) in [7, 11) is 0. The quantitative estimate of drug-likeness (QED) is 0.769. The van der Waals surface area contributed by atoms with Gasteiger partial charge in [-0.15, -0.1) is 0 Å². The zero-order chi connectivity index (χ0) is 19.1. The Hall–Kier alpha value is -3.16. The summed E-state index contributed by atoms with van der Waals surface area (Å²) in [4.78, 5) is 35.2. The molecule has 1 aromatic heterocycles. The molecule has 0 fully saturated rings. The van der Waals surface area contributed by atoms with Gasteiger partial charge in [0.05, 0.1) is 11.3 Å². The number of urea groups is 1. The Labute approximate surface area is 151 Å². The van der Waals surface area contributed by atoms with Crippen molar-refractivity contribution in [2.75, 3.05) is 6.61 Å². The van der Waals surface area contributed by atoms with Gasteiger partial charge in [0.1, 0.15) is 0 Å². The van der Waals surface area contributed by atoms with E-state index in [4.69, 9.17) is 4.74 Å². The number of amides is 3. The van der Waals surface area contributed by atoms with Crippen LogP contribution in [-0.2, 0) is 9.53 Å². The van der Waals surface area contributed by atoms with Gasteiger partial charge < -0.3 is 10.1 Å². The molecule has 0 radical (unpaired) electrons. The zero-order valence-electron chi connectivity index (χ0n) is 15.0. The van der Waals surface area contributed by atoms with Gasteiger partial charge in [-0.1, -0.05) is 6.92 Å². The van der Waals surface area contributed by atoms with Crippen LogP contribution in [0.2, 0.25) is 0 Å². The molecule has 0 aliphatic rings. The number of carbonyl (C=O) groups is 3. The van der Waals surface area contributed by atoms with Crippen molar-refractivity contribution in [1.82, 2.24) is 20.4 Å². The van der Waals surface area contributed by atoms with E-state index in [1.165, 1.54) is 0 Å². The number of ether oxygens (including phenoxy) is 1. The molecule has 0 bridgehead atoms. The summed E-state index contributed by atoms with van der Waals surface area (Å²) in [6, 6.07) is 7.85. The molecule has 1 aromatic carbocycles. The first-order chi connectivity index (χ1) is 12.4. The molecule has 2 rings (SSSR count). The van der Waals surface area contributed by atoms with Crippen molar-refractivity contribution in [3.05, 3.63) is 47.8 Å². The molecule has 26 heavy (non-hydrogen) atoms. The van der Waals surface area contributed by atoms with E-state index in [0.29, 0.717) is 5.56 Å². The van der Waals surface area contributed by atoms with Crippen molar-refractivity contribution in [3.63, 3.8) is 0 Å². The second kappa shape index (κ2) is 8.80. The van der Waals surface area contributed by atoms with Crippen molar-refractivity contribution in [2.45, 2.75) is 33.2 Å². The third-order valence-electron chi connectivity index (χ3n) is 3.76. The van der Waals surface area contributed by atoms with Gasteiger partial charge in [0.15, 0.2) is 6.61 Å².